The number of rotatable bonds is 6. The third kappa shape index (κ3) is 5.77. The van der Waals surface area contributed by atoms with Gasteiger partial charge in [-0.3, -0.25) is 0 Å². The van der Waals surface area contributed by atoms with Crippen LogP contribution in [0.15, 0.2) is 97.1 Å². The minimum Gasteiger partial charge on any atom is -0.325 e. The summed E-state index contributed by atoms with van der Waals surface area (Å²) < 4.78 is 0. The van der Waals surface area contributed by atoms with Crippen LogP contribution in [-0.4, -0.2) is 11.1 Å². The fourth-order valence-electron chi connectivity index (χ4n) is 14.8. The largest absolute Gasteiger partial charge is 0.325 e. The average Bonchev–Trinajstić information content (AvgIpc) is 3.10. The Hall–Kier alpha value is -3.20. The van der Waals surface area contributed by atoms with Gasteiger partial charge in [-0.05, 0) is 155 Å². The molecule has 288 valence electrons. The van der Waals surface area contributed by atoms with Crippen molar-refractivity contribution in [1.29, 1.82) is 0 Å². The van der Waals surface area contributed by atoms with Crippen molar-refractivity contribution in [2.75, 3.05) is 0 Å². The summed E-state index contributed by atoms with van der Waals surface area (Å²) in [5.74, 6) is 5.39. The van der Waals surface area contributed by atoms with Crippen molar-refractivity contribution in [2.24, 2.45) is 47.0 Å². The second kappa shape index (κ2) is 12.4. The fraction of sp³-hybridized carbons (Fsp3) is 0.547. The molecule has 0 heterocycles. The molecule has 4 N–H and O–H groups in total. The fourth-order valence-corrected chi connectivity index (χ4v) is 14.8. The summed E-state index contributed by atoms with van der Waals surface area (Å²) in [4.78, 5) is 0. The van der Waals surface area contributed by atoms with Gasteiger partial charge < -0.3 is 11.5 Å². The molecule has 4 aromatic carbocycles. The highest BCUT2D eigenvalue weighted by atomic mass is 14.8. The standard InChI is InChI=1S/C53H66N2/c1-49(2,3)43-23-39(47-37-19-33-17-34(20-37)30-51(47,54)29-33)25-45(27-43)53(41-13-9-7-10-14-41,42-15-11-8-12-16-42)46-26-40(24-44(28-46)50(4,5)6)48-38-21-35-18-36(22-38)32-52(48,55)31-35/h7-16,23-28,33-38,47-48H,17-22,29-32,54-55H2,1-6H3. The van der Waals surface area contributed by atoms with Crippen molar-refractivity contribution in [3.63, 3.8) is 0 Å². The monoisotopic (exact) mass is 731 g/mol. The van der Waals surface area contributed by atoms with E-state index in [1.54, 1.807) is 0 Å². The van der Waals surface area contributed by atoms with Crippen LogP contribution in [0.4, 0.5) is 0 Å². The number of nitrogens with two attached hydrogens (primary N) is 2. The maximum atomic E-state index is 7.68. The number of hydrogen-bond acceptors (Lipinski definition) is 2. The van der Waals surface area contributed by atoms with E-state index < -0.39 is 5.41 Å². The van der Waals surface area contributed by atoms with Crippen LogP contribution in [0, 0.1) is 35.5 Å². The maximum absolute atomic E-state index is 7.68. The van der Waals surface area contributed by atoms with E-state index in [0.29, 0.717) is 23.7 Å². The molecule has 0 saturated heterocycles. The molecule has 8 saturated carbocycles. The summed E-state index contributed by atoms with van der Waals surface area (Å²) in [5.41, 5.74) is 25.8. The molecule has 0 amide bonds. The molecule has 8 bridgehead atoms. The summed E-state index contributed by atoms with van der Waals surface area (Å²) in [5, 5.41) is 0. The molecular weight excluding hydrogens is 665 g/mol. The summed E-state index contributed by atoms with van der Waals surface area (Å²) in [6.07, 6.45) is 12.9. The van der Waals surface area contributed by atoms with Gasteiger partial charge in [-0.25, -0.2) is 0 Å². The van der Waals surface area contributed by atoms with Gasteiger partial charge in [-0.2, -0.15) is 0 Å². The molecule has 2 nitrogen and oxygen atoms in total. The highest BCUT2D eigenvalue weighted by molar-refractivity contribution is 5.63. The first-order valence-corrected chi connectivity index (χ1v) is 22.1. The normalized spacial score (nSPS) is 35.1. The molecular formula is C53H66N2. The third-order valence-electron chi connectivity index (χ3n) is 16.4. The lowest BCUT2D eigenvalue weighted by Gasteiger charge is -2.60. The SMILES string of the molecule is CC(C)(C)c1cc(C2C3CC4CC(C3)CC2(N)C4)cc(C(c2ccccc2)(c2ccccc2)c2cc(C3C4CC5CC(C4)CC3(N)C5)cc(C(C)(C)C)c2)c1. The zero-order valence-electron chi connectivity index (χ0n) is 34.6. The smallest absolute Gasteiger partial charge is 0.0701 e. The lowest BCUT2D eigenvalue weighted by molar-refractivity contribution is -0.0223. The molecule has 6 unspecified atom stereocenters. The molecule has 8 aliphatic carbocycles. The van der Waals surface area contributed by atoms with Crippen LogP contribution in [0.1, 0.15) is 162 Å². The van der Waals surface area contributed by atoms with Crippen LogP contribution in [0.25, 0.3) is 0 Å². The molecule has 0 radical (unpaired) electrons. The molecule has 0 aliphatic heterocycles. The quantitative estimate of drug-likeness (QED) is 0.194. The Morgan fingerprint density at radius 1 is 0.418 bits per heavy atom. The second-order valence-electron chi connectivity index (χ2n) is 22.3. The zero-order chi connectivity index (χ0) is 38.1. The van der Waals surface area contributed by atoms with Gasteiger partial charge in [-0.1, -0.05) is 139 Å². The molecule has 0 spiro atoms. The topological polar surface area (TPSA) is 52.0 Å². The summed E-state index contributed by atoms with van der Waals surface area (Å²) in [6, 6.07) is 38.7. The van der Waals surface area contributed by atoms with Crippen LogP contribution >= 0.6 is 0 Å². The van der Waals surface area contributed by atoms with E-state index in [9.17, 15) is 0 Å². The predicted octanol–water partition coefficient (Wildman–Crippen LogP) is 11.9. The second-order valence-corrected chi connectivity index (χ2v) is 22.3. The molecule has 55 heavy (non-hydrogen) atoms. The third-order valence-corrected chi connectivity index (χ3v) is 16.4. The first-order chi connectivity index (χ1) is 26.1. The van der Waals surface area contributed by atoms with Crippen LogP contribution in [0.3, 0.4) is 0 Å². The first-order valence-electron chi connectivity index (χ1n) is 22.1. The molecule has 4 aromatic rings. The molecule has 8 fully saturated rings. The van der Waals surface area contributed by atoms with Gasteiger partial charge in [0.05, 0.1) is 5.41 Å². The molecule has 6 atom stereocenters. The van der Waals surface area contributed by atoms with E-state index in [1.165, 1.54) is 109 Å². The Balaban J connectivity index is 1.27. The van der Waals surface area contributed by atoms with E-state index in [0.717, 1.165) is 23.7 Å². The van der Waals surface area contributed by atoms with Gasteiger partial charge in [0.15, 0.2) is 0 Å². The van der Waals surface area contributed by atoms with Gasteiger partial charge in [0.2, 0.25) is 0 Å². The van der Waals surface area contributed by atoms with Gasteiger partial charge >= 0.3 is 0 Å². The molecule has 0 aromatic heterocycles. The van der Waals surface area contributed by atoms with Gasteiger partial charge in [0, 0.05) is 22.9 Å². The van der Waals surface area contributed by atoms with Crippen LogP contribution in [0.5, 0.6) is 0 Å². The highest BCUT2D eigenvalue weighted by Crippen LogP contribution is 2.63. The molecule has 12 rings (SSSR count). The summed E-state index contributed by atoms with van der Waals surface area (Å²) in [7, 11) is 0. The van der Waals surface area contributed by atoms with E-state index in [-0.39, 0.29) is 21.9 Å². The van der Waals surface area contributed by atoms with Crippen LogP contribution in [-0.2, 0) is 16.2 Å². The van der Waals surface area contributed by atoms with E-state index in [2.05, 4.69) is 139 Å². The van der Waals surface area contributed by atoms with E-state index in [1.807, 2.05) is 0 Å². The minimum atomic E-state index is -0.546. The number of hydrogen-bond donors (Lipinski definition) is 2. The summed E-state index contributed by atoms with van der Waals surface area (Å²) >= 11 is 0. The van der Waals surface area contributed by atoms with Crippen LogP contribution in [0.2, 0.25) is 0 Å². The Bertz CT molecular complexity index is 1900. The van der Waals surface area contributed by atoms with Crippen molar-refractivity contribution in [3.05, 3.63) is 142 Å². The summed E-state index contributed by atoms with van der Waals surface area (Å²) in [6.45, 7) is 14.4. The van der Waals surface area contributed by atoms with E-state index >= 15 is 0 Å². The lowest BCUT2D eigenvalue weighted by Crippen LogP contribution is -2.61. The Labute approximate surface area is 332 Å². The van der Waals surface area contributed by atoms with Crippen molar-refractivity contribution in [3.8, 4) is 0 Å². The minimum absolute atomic E-state index is 0.0255. The zero-order valence-corrected chi connectivity index (χ0v) is 34.6. The number of benzene rings is 4. The predicted molar refractivity (Wildman–Crippen MR) is 229 cm³/mol. The highest BCUT2D eigenvalue weighted by Gasteiger charge is 2.57. The first kappa shape index (κ1) is 36.2. The van der Waals surface area contributed by atoms with Crippen molar-refractivity contribution >= 4 is 0 Å². The van der Waals surface area contributed by atoms with Gasteiger partial charge in [-0.15, -0.1) is 0 Å². The van der Waals surface area contributed by atoms with E-state index in [4.69, 9.17) is 11.5 Å². The molecule has 8 aliphatic rings. The Morgan fingerprint density at radius 2 is 0.745 bits per heavy atom. The Morgan fingerprint density at radius 3 is 1.05 bits per heavy atom. The van der Waals surface area contributed by atoms with Gasteiger partial charge in [0.25, 0.3) is 0 Å². The molecule has 2 heteroatoms. The average molecular weight is 731 g/mol. The lowest BCUT2D eigenvalue weighted by atomic mass is 9.47. The van der Waals surface area contributed by atoms with Crippen LogP contribution < -0.4 is 11.5 Å². The van der Waals surface area contributed by atoms with Crippen molar-refractivity contribution in [1.82, 2.24) is 0 Å². The van der Waals surface area contributed by atoms with Crippen molar-refractivity contribution in [2.45, 2.75) is 145 Å². The van der Waals surface area contributed by atoms with Crippen molar-refractivity contribution < 1.29 is 0 Å². The maximum Gasteiger partial charge on any atom is 0.0701 e. The Kier molecular flexibility index (Phi) is 8.15. The van der Waals surface area contributed by atoms with Gasteiger partial charge in [0.1, 0.15) is 0 Å².